The average molecular weight is 191 g/mol. The lowest BCUT2D eigenvalue weighted by molar-refractivity contribution is 0.439. The molecule has 2 rings (SSSR count). The Balaban J connectivity index is 1.82. The van der Waals surface area contributed by atoms with E-state index >= 15 is 0 Å². The van der Waals surface area contributed by atoms with E-state index < -0.39 is 0 Å². The molecule has 1 aromatic heterocycles. The first-order valence-corrected chi connectivity index (χ1v) is 5.36. The van der Waals surface area contributed by atoms with Crippen molar-refractivity contribution in [3.05, 3.63) is 18.6 Å². The second-order valence-electron chi connectivity index (χ2n) is 4.14. The summed E-state index contributed by atoms with van der Waals surface area (Å²) in [5.74, 6) is 2.63. The summed E-state index contributed by atoms with van der Waals surface area (Å²) in [4.78, 5) is 8.03. The van der Waals surface area contributed by atoms with Crippen LogP contribution in [0.1, 0.15) is 26.2 Å². The first kappa shape index (κ1) is 9.44. The Morgan fingerprint density at radius 2 is 2.43 bits per heavy atom. The Hall–Kier alpha value is -1.12. The monoisotopic (exact) mass is 191 g/mol. The van der Waals surface area contributed by atoms with Crippen molar-refractivity contribution in [2.75, 3.05) is 11.9 Å². The summed E-state index contributed by atoms with van der Waals surface area (Å²) in [5, 5.41) is 3.37. The number of aromatic nitrogens is 2. The molecule has 0 bridgehead atoms. The fourth-order valence-corrected chi connectivity index (χ4v) is 2.16. The predicted octanol–water partition coefficient (Wildman–Crippen LogP) is 2.32. The topological polar surface area (TPSA) is 37.8 Å². The third-order valence-corrected chi connectivity index (χ3v) is 3.17. The molecule has 1 aliphatic rings. The van der Waals surface area contributed by atoms with Crippen LogP contribution in [0.3, 0.4) is 0 Å². The van der Waals surface area contributed by atoms with Crippen molar-refractivity contribution in [2.24, 2.45) is 11.8 Å². The number of anilines is 1. The second-order valence-corrected chi connectivity index (χ2v) is 4.14. The Bertz CT molecular complexity index is 273. The minimum Gasteiger partial charge on any atom is -0.370 e. The van der Waals surface area contributed by atoms with E-state index in [2.05, 4.69) is 22.2 Å². The molecule has 0 radical (unpaired) electrons. The van der Waals surface area contributed by atoms with Crippen LogP contribution in [0.5, 0.6) is 0 Å². The summed E-state index contributed by atoms with van der Waals surface area (Å²) in [5.41, 5.74) is 0. The minimum absolute atomic E-state index is 0.824. The molecule has 1 aliphatic carbocycles. The Labute approximate surface area is 85.0 Å². The van der Waals surface area contributed by atoms with Crippen molar-refractivity contribution in [1.82, 2.24) is 9.97 Å². The molecule has 0 saturated heterocycles. The van der Waals surface area contributed by atoms with Crippen LogP contribution in [0.25, 0.3) is 0 Å². The van der Waals surface area contributed by atoms with Gasteiger partial charge in [0.25, 0.3) is 0 Å². The molecule has 3 heteroatoms. The van der Waals surface area contributed by atoms with Crippen LogP contribution in [0, 0.1) is 11.8 Å². The van der Waals surface area contributed by atoms with E-state index in [4.69, 9.17) is 0 Å². The first-order valence-electron chi connectivity index (χ1n) is 5.36. The van der Waals surface area contributed by atoms with Crippen molar-refractivity contribution in [1.29, 1.82) is 0 Å². The average Bonchev–Trinajstić information content (AvgIpc) is 2.63. The molecule has 0 spiro atoms. The maximum Gasteiger partial charge on any atom is 0.129 e. The van der Waals surface area contributed by atoms with Crippen LogP contribution in [0.4, 0.5) is 5.82 Å². The molecule has 0 aromatic carbocycles. The summed E-state index contributed by atoms with van der Waals surface area (Å²) in [6, 6.07) is 1.92. The molecular weight excluding hydrogens is 174 g/mol. The lowest BCUT2D eigenvalue weighted by Crippen LogP contribution is -2.16. The minimum atomic E-state index is 0.824. The van der Waals surface area contributed by atoms with E-state index in [9.17, 15) is 0 Å². The van der Waals surface area contributed by atoms with Gasteiger partial charge in [-0.3, -0.25) is 0 Å². The van der Waals surface area contributed by atoms with Gasteiger partial charge in [-0.15, -0.1) is 0 Å². The molecule has 14 heavy (non-hydrogen) atoms. The lowest BCUT2D eigenvalue weighted by Gasteiger charge is -2.15. The van der Waals surface area contributed by atoms with Crippen LogP contribution in [-0.2, 0) is 0 Å². The van der Waals surface area contributed by atoms with Crippen molar-refractivity contribution < 1.29 is 0 Å². The smallest absolute Gasteiger partial charge is 0.129 e. The Morgan fingerprint density at radius 1 is 1.50 bits per heavy atom. The molecule has 1 N–H and O–H groups in total. The van der Waals surface area contributed by atoms with Gasteiger partial charge in [0, 0.05) is 12.7 Å². The number of hydrogen-bond acceptors (Lipinski definition) is 3. The van der Waals surface area contributed by atoms with Crippen molar-refractivity contribution >= 4 is 5.82 Å². The van der Waals surface area contributed by atoms with E-state index in [0.717, 1.165) is 24.2 Å². The summed E-state index contributed by atoms with van der Waals surface area (Å²) in [6.45, 7) is 3.40. The molecule has 0 aliphatic heterocycles. The second kappa shape index (κ2) is 4.40. The predicted molar refractivity (Wildman–Crippen MR) is 57.0 cm³/mol. The lowest BCUT2D eigenvalue weighted by atomic mass is 9.98. The zero-order valence-corrected chi connectivity index (χ0v) is 8.61. The van der Waals surface area contributed by atoms with Gasteiger partial charge >= 0.3 is 0 Å². The van der Waals surface area contributed by atoms with Crippen LogP contribution < -0.4 is 5.32 Å². The third kappa shape index (κ3) is 2.22. The SMILES string of the molecule is CC1CCCC1CNc1ccncn1. The quantitative estimate of drug-likeness (QED) is 0.796. The molecule has 3 nitrogen and oxygen atoms in total. The van der Waals surface area contributed by atoms with E-state index in [1.807, 2.05) is 6.07 Å². The van der Waals surface area contributed by atoms with Gasteiger partial charge in [-0.25, -0.2) is 9.97 Å². The third-order valence-electron chi connectivity index (χ3n) is 3.17. The van der Waals surface area contributed by atoms with Gasteiger partial charge in [0.05, 0.1) is 0 Å². The highest BCUT2D eigenvalue weighted by molar-refractivity contribution is 5.31. The molecule has 2 unspecified atom stereocenters. The van der Waals surface area contributed by atoms with Crippen molar-refractivity contribution in [3.8, 4) is 0 Å². The van der Waals surface area contributed by atoms with Gasteiger partial charge < -0.3 is 5.32 Å². The van der Waals surface area contributed by atoms with Gasteiger partial charge in [-0.05, 0) is 24.3 Å². The molecule has 0 amide bonds. The normalized spacial score (nSPS) is 26.4. The van der Waals surface area contributed by atoms with Crippen molar-refractivity contribution in [3.63, 3.8) is 0 Å². The molecule has 1 fully saturated rings. The Morgan fingerprint density at radius 3 is 3.07 bits per heavy atom. The fourth-order valence-electron chi connectivity index (χ4n) is 2.16. The maximum atomic E-state index is 4.14. The molecular formula is C11H17N3. The zero-order valence-electron chi connectivity index (χ0n) is 8.61. The molecule has 2 atom stereocenters. The number of hydrogen-bond donors (Lipinski definition) is 1. The van der Waals surface area contributed by atoms with Crippen molar-refractivity contribution in [2.45, 2.75) is 26.2 Å². The summed E-state index contributed by atoms with van der Waals surface area (Å²) in [6.07, 6.45) is 7.49. The van der Waals surface area contributed by atoms with Gasteiger partial charge in [0.15, 0.2) is 0 Å². The van der Waals surface area contributed by atoms with E-state index in [1.54, 1.807) is 12.5 Å². The molecule has 1 heterocycles. The van der Waals surface area contributed by atoms with Crippen LogP contribution in [0.2, 0.25) is 0 Å². The summed E-state index contributed by atoms with van der Waals surface area (Å²) < 4.78 is 0. The standard InChI is InChI=1S/C11H17N3/c1-9-3-2-4-10(9)7-13-11-5-6-12-8-14-11/h5-6,8-10H,2-4,7H2,1H3,(H,12,13,14). The maximum absolute atomic E-state index is 4.14. The van der Waals surface area contributed by atoms with Crippen LogP contribution in [-0.4, -0.2) is 16.5 Å². The van der Waals surface area contributed by atoms with Crippen LogP contribution >= 0.6 is 0 Å². The Kier molecular flexibility index (Phi) is 2.96. The van der Waals surface area contributed by atoms with Gasteiger partial charge in [-0.2, -0.15) is 0 Å². The number of nitrogens with zero attached hydrogens (tertiary/aromatic N) is 2. The summed E-state index contributed by atoms with van der Waals surface area (Å²) >= 11 is 0. The number of nitrogens with one attached hydrogen (secondary N) is 1. The molecule has 1 aromatic rings. The van der Waals surface area contributed by atoms with Gasteiger partial charge in [0.2, 0.25) is 0 Å². The highest BCUT2D eigenvalue weighted by Crippen LogP contribution is 2.30. The molecule has 1 saturated carbocycles. The van der Waals surface area contributed by atoms with E-state index in [-0.39, 0.29) is 0 Å². The first-order chi connectivity index (χ1) is 6.86. The zero-order chi connectivity index (χ0) is 9.80. The number of rotatable bonds is 3. The molecule has 76 valence electrons. The van der Waals surface area contributed by atoms with E-state index in [0.29, 0.717) is 0 Å². The summed E-state index contributed by atoms with van der Waals surface area (Å²) in [7, 11) is 0. The fraction of sp³-hybridized carbons (Fsp3) is 0.636. The van der Waals surface area contributed by atoms with E-state index in [1.165, 1.54) is 19.3 Å². The largest absolute Gasteiger partial charge is 0.370 e. The highest BCUT2D eigenvalue weighted by Gasteiger charge is 2.22. The van der Waals surface area contributed by atoms with Gasteiger partial charge in [0.1, 0.15) is 12.1 Å². The van der Waals surface area contributed by atoms with Gasteiger partial charge in [-0.1, -0.05) is 19.8 Å². The highest BCUT2D eigenvalue weighted by atomic mass is 15.0. The van der Waals surface area contributed by atoms with Crippen LogP contribution in [0.15, 0.2) is 18.6 Å².